The van der Waals surface area contributed by atoms with Gasteiger partial charge in [0.05, 0.1) is 6.42 Å². The molecule has 79 heavy (non-hydrogen) atoms. The van der Waals surface area contributed by atoms with E-state index < -0.39 is 23.5 Å². The molecule has 1 aromatic carbocycles. The van der Waals surface area contributed by atoms with Gasteiger partial charge in [-0.25, -0.2) is 0 Å². The zero-order valence-electron chi connectivity index (χ0n) is 54.3. The molecule has 1 aromatic rings. The minimum Gasteiger partial charge on any atom is -0.481 e. The molecular formula is C69H118O10. The molecule has 0 saturated heterocycles. The van der Waals surface area contributed by atoms with Gasteiger partial charge < -0.3 is 24.1 Å². The zero-order chi connectivity index (χ0) is 60.5. The van der Waals surface area contributed by atoms with Gasteiger partial charge >= 0.3 is 29.8 Å². The van der Waals surface area contributed by atoms with Crippen molar-refractivity contribution in [3.63, 3.8) is 0 Å². The number of esters is 4. The largest absolute Gasteiger partial charge is 0.481 e. The van der Waals surface area contributed by atoms with Gasteiger partial charge in [-0.05, 0) is 146 Å². The first-order chi connectivity index (χ1) is 36.2. The van der Waals surface area contributed by atoms with Crippen LogP contribution in [0, 0.1) is 58.2 Å². The van der Waals surface area contributed by atoms with Crippen LogP contribution in [0.2, 0.25) is 0 Å². The Morgan fingerprint density at radius 2 is 0.924 bits per heavy atom. The molecule has 2 unspecified atom stereocenters. The third-order valence-electron chi connectivity index (χ3n) is 15.8. The Hall–Kier alpha value is -3.95. The van der Waals surface area contributed by atoms with Crippen molar-refractivity contribution in [2.24, 2.45) is 44.3 Å². The van der Waals surface area contributed by atoms with E-state index in [1.807, 2.05) is 47.6 Å². The molecule has 0 aliphatic rings. The van der Waals surface area contributed by atoms with Crippen LogP contribution in [0.1, 0.15) is 283 Å². The van der Waals surface area contributed by atoms with Crippen molar-refractivity contribution in [1.82, 2.24) is 0 Å². The van der Waals surface area contributed by atoms with Gasteiger partial charge in [-0.2, -0.15) is 0 Å². The molecule has 0 amide bonds. The maximum Gasteiger partial charge on any atom is 0.311 e. The minimum absolute atomic E-state index is 0.0927. The summed E-state index contributed by atoms with van der Waals surface area (Å²) in [5.74, 6) is -2.34. The average Bonchev–Trinajstić information content (AvgIpc) is 3.25. The quantitative estimate of drug-likeness (QED) is 0.0223. The summed E-state index contributed by atoms with van der Waals surface area (Å²) in [5.41, 5.74) is 2.24. The summed E-state index contributed by atoms with van der Waals surface area (Å²) in [5, 5.41) is 9.64. The zero-order valence-corrected chi connectivity index (χ0v) is 54.3. The lowest BCUT2D eigenvalue weighted by molar-refractivity contribution is -0.168. The van der Waals surface area contributed by atoms with Gasteiger partial charge in [-0.15, -0.1) is 0 Å². The van der Waals surface area contributed by atoms with Crippen LogP contribution in [0.3, 0.4) is 0 Å². The third-order valence-corrected chi connectivity index (χ3v) is 15.8. The molecule has 0 fully saturated rings. The SMILES string of the molecule is Cc1cc(C)c(C(C)(C)CC(=O)O)c(OC(=O)CC(C)C(C)(C)CC(C)(C)C(C)CC(=O)OC(COC(=O)CCCCCCC/C=C\CC(C)(C)CC(C)(C)C)COC(=O)CCCCCCC/C=C\CC(C)(C)CC(C)(C)C)c1. The van der Waals surface area contributed by atoms with Crippen molar-refractivity contribution in [2.45, 2.75) is 291 Å². The van der Waals surface area contributed by atoms with E-state index in [1.54, 1.807) is 6.07 Å². The van der Waals surface area contributed by atoms with Crippen LogP contribution in [-0.4, -0.2) is 54.3 Å². The first-order valence-corrected chi connectivity index (χ1v) is 30.6. The number of aliphatic carboxylic acids is 1. The third kappa shape index (κ3) is 33.5. The Labute approximate surface area is 483 Å². The molecule has 0 spiro atoms. The molecule has 0 heterocycles. The Morgan fingerprint density at radius 1 is 0.519 bits per heavy atom. The fourth-order valence-corrected chi connectivity index (χ4v) is 12.1. The second-order valence-corrected chi connectivity index (χ2v) is 30.0. The van der Waals surface area contributed by atoms with E-state index in [2.05, 4.69) is 121 Å². The predicted octanol–water partition coefficient (Wildman–Crippen LogP) is 18.7. The molecule has 0 radical (unpaired) electrons. The molecular weight excluding hydrogens is 989 g/mol. The van der Waals surface area contributed by atoms with Crippen molar-refractivity contribution in [3.05, 3.63) is 53.1 Å². The number of rotatable bonds is 39. The number of carboxylic acids is 1. The van der Waals surface area contributed by atoms with Crippen molar-refractivity contribution in [3.8, 4) is 5.75 Å². The first-order valence-electron chi connectivity index (χ1n) is 30.6. The molecule has 2 atom stereocenters. The Kier molecular flexibility index (Phi) is 31.3. The van der Waals surface area contributed by atoms with Crippen molar-refractivity contribution >= 4 is 29.8 Å². The van der Waals surface area contributed by atoms with E-state index in [1.165, 1.54) is 12.8 Å². The average molecular weight is 1110 g/mol. The van der Waals surface area contributed by atoms with Gasteiger partial charge in [0, 0.05) is 36.7 Å². The topological polar surface area (TPSA) is 143 Å². The number of hydrogen-bond acceptors (Lipinski definition) is 9. The van der Waals surface area contributed by atoms with Gasteiger partial charge in [0.2, 0.25) is 0 Å². The second-order valence-electron chi connectivity index (χ2n) is 30.0. The normalized spacial score (nSPS) is 14.0. The Balaban J connectivity index is 2.87. The summed E-state index contributed by atoms with van der Waals surface area (Å²) in [6.45, 7) is 42.9. The highest BCUT2D eigenvalue weighted by molar-refractivity contribution is 5.75. The van der Waals surface area contributed by atoms with Crippen LogP contribution >= 0.6 is 0 Å². The summed E-state index contributed by atoms with van der Waals surface area (Å²) in [6, 6.07) is 3.78. The monoisotopic (exact) mass is 1110 g/mol. The van der Waals surface area contributed by atoms with E-state index in [4.69, 9.17) is 18.9 Å². The number of carboxylic acid groups (broad SMARTS) is 1. The number of allylic oxidation sites excluding steroid dienone is 4. The predicted molar refractivity (Wildman–Crippen MR) is 326 cm³/mol. The van der Waals surface area contributed by atoms with Gasteiger partial charge in [-0.1, -0.05) is 194 Å². The molecule has 10 heteroatoms. The summed E-state index contributed by atoms with van der Waals surface area (Å²) in [4.78, 5) is 65.0. The lowest BCUT2D eigenvalue weighted by atomic mass is 9.63. The molecule has 1 rings (SSSR count). The summed E-state index contributed by atoms with van der Waals surface area (Å²) in [7, 11) is 0. The second kappa shape index (κ2) is 33.8. The lowest BCUT2D eigenvalue weighted by Gasteiger charge is -2.42. The smallest absolute Gasteiger partial charge is 0.311 e. The minimum atomic E-state index is -0.940. The van der Waals surface area contributed by atoms with Crippen LogP contribution in [0.4, 0.5) is 0 Å². The highest BCUT2D eigenvalue weighted by Gasteiger charge is 2.39. The van der Waals surface area contributed by atoms with Crippen LogP contribution in [0.5, 0.6) is 5.75 Å². The fraction of sp³-hybridized carbons (Fsp3) is 0.783. The standard InChI is InChI=1S/C69H118O10/c1-51-41-52(2)62(67(15,16)45-57(70)71)56(42-51)79-61(75)44-54(4)69(19,20)50-68(17,18)53(3)43-60(74)78-55(46-76-58(72)37-33-29-25-21-23-27-31-35-39-65(11,12)48-63(5,6)7)47-77-59(73)38-34-30-26-22-24-28-32-36-40-66(13,14)49-64(8,9)10/h31-32,35-36,41-42,53-55H,21-30,33-34,37-40,43-50H2,1-20H3,(H,70,71)/b35-31-,36-32-. The number of aryl methyl sites for hydroxylation is 2. The van der Waals surface area contributed by atoms with E-state index in [0.29, 0.717) is 41.4 Å². The molecule has 0 aromatic heterocycles. The maximum absolute atomic E-state index is 13.7. The van der Waals surface area contributed by atoms with Gasteiger partial charge in [-0.3, -0.25) is 24.0 Å². The van der Waals surface area contributed by atoms with Gasteiger partial charge in [0.15, 0.2) is 6.10 Å². The number of hydrogen-bond donors (Lipinski definition) is 1. The first kappa shape index (κ1) is 73.1. The number of carbonyl (C=O) groups excluding carboxylic acids is 4. The van der Waals surface area contributed by atoms with E-state index in [0.717, 1.165) is 88.2 Å². The number of benzene rings is 1. The Bertz CT molecular complexity index is 2000. The van der Waals surface area contributed by atoms with E-state index in [9.17, 15) is 29.1 Å². The van der Waals surface area contributed by atoms with Crippen molar-refractivity contribution < 1.29 is 48.0 Å². The highest BCUT2D eigenvalue weighted by atomic mass is 16.6. The molecule has 0 saturated carbocycles. The lowest BCUT2D eigenvalue weighted by Crippen LogP contribution is -2.36. The van der Waals surface area contributed by atoms with Crippen molar-refractivity contribution in [1.29, 1.82) is 0 Å². The summed E-state index contributed by atoms with van der Waals surface area (Å²) >= 11 is 0. The van der Waals surface area contributed by atoms with Crippen LogP contribution in [0.25, 0.3) is 0 Å². The number of unbranched alkanes of at least 4 members (excludes halogenated alkanes) is 10. The van der Waals surface area contributed by atoms with E-state index in [-0.39, 0.29) is 96.7 Å². The van der Waals surface area contributed by atoms with Gasteiger partial charge in [0.1, 0.15) is 19.0 Å². The fourth-order valence-electron chi connectivity index (χ4n) is 12.1. The molecule has 10 nitrogen and oxygen atoms in total. The van der Waals surface area contributed by atoms with Crippen LogP contribution in [-0.2, 0) is 43.6 Å². The molecule has 454 valence electrons. The van der Waals surface area contributed by atoms with Crippen LogP contribution < -0.4 is 4.74 Å². The molecule has 0 aliphatic heterocycles. The molecule has 0 bridgehead atoms. The summed E-state index contributed by atoms with van der Waals surface area (Å²) < 4.78 is 23.3. The highest BCUT2D eigenvalue weighted by Crippen LogP contribution is 2.46. The number of carbonyl (C=O) groups is 5. The van der Waals surface area contributed by atoms with Gasteiger partial charge in [0.25, 0.3) is 0 Å². The van der Waals surface area contributed by atoms with Crippen molar-refractivity contribution in [2.75, 3.05) is 13.2 Å². The van der Waals surface area contributed by atoms with E-state index >= 15 is 0 Å². The van der Waals surface area contributed by atoms with Crippen LogP contribution in [0.15, 0.2) is 36.4 Å². The summed E-state index contributed by atoms with van der Waals surface area (Å²) in [6.07, 6.45) is 26.2. The maximum atomic E-state index is 13.7. The molecule has 1 N–H and O–H groups in total. The Morgan fingerprint density at radius 3 is 1.34 bits per heavy atom. The molecule has 0 aliphatic carbocycles. The number of ether oxygens (including phenoxy) is 4.